The number of para-hydroxylation sites is 1. The van der Waals surface area contributed by atoms with Crippen LogP contribution in [0.4, 0.5) is 17.1 Å². The Balaban J connectivity index is 2.07. The number of anilines is 2. The lowest BCUT2D eigenvalue weighted by Crippen LogP contribution is -2.08. The fraction of sp³-hybridized carbons (Fsp3) is 0.308. The van der Waals surface area contributed by atoms with Crippen LogP contribution in [0.5, 0.6) is 0 Å². The molecule has 1 heterocycles. The van der Waals surface area contributed by atoms with Crippen LogP contribution >= 0.6 is 11.3 Å². The van der Waals surface area contributed by atoms with E-state index in [1.54, 1.807) is 36.6 Å². The van der Waals surface area contributed by atoms with Gasteiger partial charge in [-0.05, 0) is 19.1 Å². The summed E-state index contributed by atoms with van der Waals surface area (Å²) in [6.45, 7) is 2.57. The molecule has 1 aromatic heterocycles. The van der Waals surface area contributed by atoms with Gasteiger partial charge in [-0.1, -0.05) is 6.07 Å². The average Bonchev–Trinajstić information content (AvgIpc) is 2.83. The predicted octanol–water partition coefficient (Wildman–Crippen LogP) is 3.06. The first kappa shape index (κ1) is 14.3. The summed E-state index contributed by atoms with van der Waals surface area (Å²) in [5.41, 5.74) is 2.11. The quantitative estimate of drug-likeness (QED) is 0.632. The van der Waals surface area contributed by atoms with Gasteiger partial charge < -0.3 is 10.6 Å². The summed E-state index contributed by atoms with van der Waals surface area (Å²) >= 11 is 1.61. The molecule has 0 radical (unpaired) electrons. The number of thiazole rings is 1. The summed E-state index contributed by atoms with van der Waals surface area (Å²) in [6, 6.07) is 5.19. The Morgan fingerprint density at radius 3 is 2.75 bits per heavy atom. The summed E-state index contributed by atoms with van der Waals surface area (Å²) in [7, 11) is 1.67. The molecule has 0 aliphatic carbocycles. The van der Waals surface area contributed by atoms with E-state index < -0.39 is 0 Å². The molecule has 1 aromatic carbocycles. The number of nitro benzene ring substituents is 1. The molecule has 2 rings (SSSR count). The monoisotopic (exact) mass is 292 g/mol. The van der Waals surface area contributed by atoms with Gasteiger partial charge in [-0.2, -0.15) is 0 Å². The van der Waals surface area contributed by atoms with Crippen LogP contribution in [0, 0.1) is 17.0 Å². The third-order valence-electron chi connectivity index (χ3n) is 2.85. The van der Waals surface area contributed by atoms with Crippen molar-refractivity contribution in [1.82, 2.24) is 4.98 Å². The summed E-state index contributed by atoms with van der Waals surface area (Å²) in [4.78, 5) is 15.1. The molecule has 0 unspecified atom stereocenters. The van der Waals surface area contributed by atoms with Crippen LogP contribution in [0.2, 0.25) is 0 Å². The van der Waals surface area contributed by atoms with Crippen LogP contribution in [0.15, 0.2) is 23.6 Å². The molecule has 0 saturated carbocycles. The number of rotatable bonds is 6. The van der Waals surface area contributed by atoms with E-state index in [0.29, 0.717) is 17.9 Å². The van der Waals surface area contributed by atoms with Gasteiger partial charge in [0.1, 0.15) is 11.4 Å². The Hall–Kier alpha value is -2.15. The fourth-order valence-electron chi connectivity index (χ4n) is 1.93. The van der Waals surface area contributed by atoms with Gasteiger partial charge in [-0.25, -0.2) is 4.98 Å². The highest BCUT2D eigenvalue weighted by atomic mass is 32.1. The zero-order valence-corrected chi connectivity index (χ0v) is 12.2. The first-order chi connectivity index (χ1) is 9.61. The maximum absolute atomic E-state index is 11.2. The molecule has 0 saturated heterocycles. The third kappa shape index (κ3) is 3.24. The molecule has 0 fully saturated rings. The lowest BCUT2D eigenvalue weighted by molar-refractivity contribution is -0.383. The summed E-state index contributed by atoms with van der Waals surface area (Å²) in [5, 5.41) is 20.1. The van der Waals surface area contributed by atoms with Gasteiger partial charge in [0.05, 0.1) is 15.6 Å². The van der Waals surface area contributed by atoms with Crippen molar-refractivity contribution in [2.75, 3.05) is 24.2 Å². The van der Waals surface area contributed by atoms with E-state index in [4.69, 9.17) is 0 Å². The number of hydrogen-bond acceptors (Lipinski definition) is 6. The van der Waals surface area contributed by atoms with Gasteiger partial charge in [-0.15, -0.1) is 11.3 Å². The molecule has 2 N–H and O–H groups in total. The number of aryl methyl sites for hydroxylation is 1. The Kier molecular flexibility index (Phi) is 4.52. The van der Waals surface area contributed by atoms with E-state index in [2.05, 4.69) is 15.6 Å². The Bertz CT molecular complexity index is 612. The summed E-state index contributed by atoms with van der Waals surface area (Å²) < 4.78 is 0. The third-order valence-corrected chi connectivity index (χ3v) is 3.67. The van der Waals surface area contributed by atoms with Gasteiger partial charge in [0.2, 0.25) is 0 Å². The van der Waals surface area contributed by atoms with Crippen LogP contribution in [-0.2, 0) is 6.42 Å². The van der Waals surface area contributed by atoms with Crippen molar-refractivity contribution in [2.24, 2.45) is 0 Å². The lowest BCUT2D eigenvalue weighted by Gasteiger charge is -2.09. The largest absolute Gasteiger partial charge is 0.382 e. The molecular weight excluding hydrogens is 276 g/mol. The topological polar surface area (TPSA) is 80.1 Å². The van der Waals surface area contributed by atoms with Crippen LogP contribution in [-0.4, -0.2) is 23.5 Å². The first-order valence-corrected chi connectivity index (χ1v) is 7.10. The Morgan fingerprint density at radius 1 is 1.40 bits per heavy atom. The maximum atomic E-state index is 11.2. The molecule has 0 aliphatic heterocycles. The van der Waals surface area contributed by atoms with E-state index in [0.717, 1.165) is 17.1 Å². The first-order valence-electron chi connectivity index (χ1n) is 6.22. The Morgan fingerprint density at radius 2 is 2.15 bits per heavy atom. The highest BCUT2D eigenvalue weighted by molar-refractivity contribution is 7.09. The maximum Gasteiger partial charge on any atom is 0.315 e. The van der Waals surface area contributed by atoms with Gasteiger partial charge in [-0.3, -0.25) is 10.1 Å². The molecular formula is C13H16N4O2S. The average molecular weight is 292 g/mol. The van der Waals surface area contributed by atoms with Crippen molar-refractivity contribution in [3.8, 4) is 0 Å². The minimum absolute atomic E-state index is 0.0736. The van der Waals surface area contributed by atoms with Crippen LogP contribution in [0.25, 0.3) is 0 Å². The van der Waals surface area contributed by atoms with Crippen molar-refractivity contribution in [2.45, 2.75) is 13.3 Å². The zero-order valence-electron chi connectivity index (χ0n) is 11.3. The molecule has 7 heteroatoms. The van der Waals surface area contributed by atoms with E-state index >= 15 is 0 Å². The highest BCUT2D eigenvalue weighted by Crippen LogP contribution is 2.32. The second-order valence-electron chi connectivity index (χ2n) is 4.24. The minimum Gasteiger partial charge on any atom is -0.382 e. The van der Waals surface area contributed by atoms with Crippen LogP contribution in [0.3, 0.4) is 0 Å². The SMILES string of the molecule is CNc1cccc(NCCc2csc(C)n2)c1[N+](=O)[O-]. The van der Waals surface area contributed by atoms with E-state index in [1.165, 1.54) is 0 Å². The predicted molar refractivity (Wildman–Crippen MR) is 81.7 cm³/mol. The smallest absolute Gasteiger partial charge is 0.315 e. The molecule has 6 nitrogen and oxygen atoms in total. The van der Waals surface area contributed by atoms with Gasteiger partial charge >= 0.3 is 5.69 Å². The van der Waals surface area contributed by atoms with Gasteiger partial charge in [0, 0.05) is 25.4 Å². The molecule has 0 spiro atoms. The van der Waals surface area contributed by atoms with E-state index in [9.17, 15) is 10.1 Å². The number of nitro groups is 1. The van der Waals surface area contributed by atoms with Gasteiger partial charge in [0.25, 0.3) is 0 Å². The normalized spacial score (nSPS) is 10.3. The molecule has 0 amide bonds. The number of benzene rings is 1. The molecule has 0 atom stereocenters. The second-order valence-corrected chi connectivity index (χ2v) is 5.31. The van der Waals surface area contributed by atoms with Crippen molar-refractivity contribution in [1.29, 1.82) is 0 Å². The lowest BCUT2D eigenvalue weighted by atomic mass is 10.2. The van der Waals surface area contributed by atoms with Gasteiger partial charge in [0.15, 0.2) is 0 Å². The Labute approximate surface area is 121 Å². The number of hydrogen-bond donors (Lipinski definition) is 2. The van der Waals surface area contributed by atoms with Crippen molar-refractivity contribution in [3.05, 3.63) is 44.4 Å². The zero-order chi connectivity index (χ0) is 14.5. The molecule has 20 heavy (non-hydrogen) atoms. The summed E-state index contributed by atoms with van der Waals surface area (Å²) in [5.74, 6) is 0. The van der Waals surface area contributed by atoms with Crippen molar-refractivity contribution in [3.63, 3.8) is 0 Å². The number of nitrogens with zero attached hydrogens (tertiary/aromatic N) is 2. The fourth-order valence-corrected chi connectivity index (χ4v) is 2.58. The van der Waals surface area contributed by atoms with Crippen LogP contribution in [0.1, 0.15) is 10.7 Å². The van der Waals surface area contributed by atoms with E-state index in [-0.39, 0.29) is 10.6 Å². The van der Waals surface area contributed by atoms with Crippen molar-refractivity contribution < 1.29 is 4.92 Å². The number of aromatic nitrogens is 1. The highest BCUT2D eigenvalue weighted by Gasteiger charge is 2.18. The minimum atomic E-state index is -0.374. The molecule has 2 aromatic rings. The van der Waals surface area contributed by atoms with Crippen molar-refractivity contribution >= 4 is 28.4 Å². The molecule has 0 aliphatic rings. The van der Waals surface area contributed by atoms with E-state index in [1.807, 2.05) is 12.3 Å². The number of nitrogens with one attached hydrogen (secondary N) is 2. The molecule has 0 bridgehead atoms. The standard InChI is InChI=1S/C13H16N4O2S/c1-9-16-10(8-20-9)6-7-15-12-5-3-4-11(14-2)13(12)17(18)19/h3-5,8,14-15H,6-7H2,1-2H3. The molecule has 106 valence electrons. The second kappa shape index (κ2) is 6.33. The summed E-state index contributed by atoms with van der Waals surface area (Å²) in [6.07, 6.45) is 0.741. The van der Waals surface area contributed by atoms with Crippen LogP contribution < -0.4 is 10.6 Å².